The number of alkyl halides is 3. The number of piperidine rings is 1. The second-order valence-electron chi connectivity index (χ2n) is 9.02. The first-order valence-corrected chi connectivity index (χ1v) is 14.0. The number of fused-ring (bicyclic) bond motifs is 1. The number of benzene rings is 1. The van der Waals surface area contributed by atoms with Gasteiger partial charge < -0.3 is 10.2 Å². The van der Waals surface area contributed by atoms with Crippen molar-refractivity contribution in [3.05, 3.63) is 63.7 Å². The number of pyridine rings is 1. The first-order chi connectivity index (χ1) is 17.1. The highest BCUT2D eigenvalue weighted by atomic mass is 32.2. The van der Waals surface area contributed by atoms with Gasteiger partial charge in [-0.3, -0.25) is 0 Å². The SMILES string of the molecule is Cc1nc2c(s1)CN(c1ccc(S(=O)(=O)N3CCC(Nc4ccc(C(F)(F)F)cn4)CC3)cc1)CC2. The van der Waals surface area contributed by atoms with Gasteiger partial charge in [0.1, 0.15) is 5.82 Å². The molecule has 0 spiro atoms. The van der Waals surface area contributed by atoms with Crippen molar-refractivity contribution < 1.29 is 21.6 Å². The van der Waals surface area contributed by atoms with Crippen molar-refractivity contribution in [1.82, 2.24) is 14.3 Å². The Balaban J connectivity index is 1.18. The topological polar surface area (TPSA) is 78.4 Å². The summed E-state index contributed by atoms with van der Waals surface area (Å²) in [6.07, 6.45) is -1.69. The maximum absolute atomic E-state index is 13.2. The van der Waals surface area contributed by atoms with Gasteiger partial charge in [-0.2, -0.15) is 17.5 Å². The van der Waals surface area contributed by atoms with Crippen LogP contribution in [0.4, 0.5) is 24.7 Å². The fourth-order valence-corrected chi connectivity index (χ4v) is 7.09. The molecule has 0 atom stereocenters. The van der Waals surface area contributed by atoms with Gasteiger partial charge in [-0.25, -0.2) is 18.4 Å². The van der Waals surface area contributed by atoms with Crippen LogP contribution in [0, 0.1) is 6.92 Å². The molecule has 0 aliphatic carbocycles. The lowest BCUT2D eigenvalue weighted by Gasteiger charge is -2.32. The molecule has 0 radical (unpaired) electrons. The molecule has 4 heterocycles. The number of thiazole rings is 1. The summed E-state index contributed by atoms with van der Waals surface area (Å²) in [6, 6.07) is 9.25. The highest BCUT2D eigenvalue weighted by Gasteiger charge is 2.32. The van der Waals surface area contributed by atoms with Crippen LogP contribution in [0.5, 0.6) is 0 Å². The number of aryl methyl sites for hydroxylation is 1. The van der Waals surface area contributed by atoms with E-state index in [0.29, 0.717) is 31.7 Å². The fraction of sp³-hybridized carbons (Fsp3) is 0.417. The zero-order chi connectivity index (χ0) is 25.5. The summed E-state index contributed by atoms with van der Waals surface area (Å²) in [5.74, 6) is 0.346. The predicted octanol–water partition coefficient (Wildman–Crippen LogP) is 4.69. The van der Waals surface area contributed by atoms with Gasteiger partial charge in [0.05, 0.1) is 27.7 Å². The minimum Gasteiger partial charge on any atom is -0.367 e. The lowest BCUT2D eigenvalue weighted by molar-refractivity contribution is -0.137. The third-order valence-electron chi connectivity index (χ3n) is 6.57. The van der Waals surface area contributed by atoms with Gasteiger partial charge in [0.2, 0.25) is 10.0 Å². The van der Waals surface area contributed by atoms with Gasteiger partial charge in [-0.1, -0.05) is 0 Å². The fourth-order valence-electron chi connectivity index (χ4n) is 4.62. The number of anilines is 2. The van der Waals surface area contributed by atoms with Crippen LogP contribution in [-0.4, -0.2) is 48.4 Å². The van der Waals surface area contributed by atoms with E-state index in [-0.39, 0.29) is 10.9 Å². The molecule has 2 aromatic heterocycles. The third kappa shape index (κ3) is 5.21. The summed E-state index contributed by atoms with van der Waals surface area (Å²) >= 11 is 1.71. The van der Waals surface area contributed by atoms with Crippen LogP contribution < -0.4 is 10.2 Å². The Hall–Kier alpha value is -2.70. The van der Waals surface area contributed by atoms with Crippen molar-refractivity contribution in [2.45, 2.75) is 49.8 Å². The average molecular weight is 538 g/mol. The van der Waals surface area contributed by atoms with E-state index in [4.69, 9.17) is 0 Å². The number of hydrogen-bond acceptors (Lipinski definition) is 7. The number of sulfonamides is 1. The highest BCUT2D eigenvalue weighted by molar-refractivity contribution is 7.89. The number of nitrogens with one attached hydrogen (secondary N) is 1. The maximum Gasteiger partial charge on any atom is 0.417 e. The molecule has 12 heteroatoms. The van der Waals surface area contributed by atoms with Crippen molar-refractivity contribution in [1.29, 1.82) is 0 Å². The monoisotopic (exact) mass is 537 g/mol. The van der Waals surface area contributed by atoms with Crippen molar-refractivity contribution in [3.63, 3.8) is 0 Å². The Morgan fingerprint density at radius 3 is 2.42 bits per heavy atom. The third-order valence-corrected chi connectivity index (χ3v) is 9.49. The first kappa shape index (κ1) is 25.0. The minimum atomic E-state index is -4.43. The molecule has 192 valence electrons. The molecule has 1 fully saturated rings. The standard InChI is InChI=1S/C24H26F3N5O2S2/c1-16-29-21-10-11-31(15-22(21)35-16)19-3-5-20(6-4-19)36(33,34)32-12-8-18(9-13-32)30-23-7-2-17(14-28-23)24(25,26)27/h2-7,14,18H,8-13,15H2,1H3,(H,28,30). The van der Waals surface area contributed by atoms with Crippen LogP contribution in [-0.2, 0) is 29.2 Å². The molecule has 7 nitrogen and oxygen atoms in total. The van der Waals surface area contributed by atoms with Gasteiger partial charge in [0.15, 0.2) is 0 Å². The second-order valence-corrected chi connectivity index (χ2v) is 12.2. The molecular formula is C24H26F3N5O2S2. The maximum atomic E-state index is 13.2. The Labute approximate surface area is 212 Å². The van der Waals surface area contributed by atoms with Crippen LogP contribution >= 0.6 is 11.3 Å². The van der Waals surface area contributed by atoms with E-state index in [1.165, 1.54) is 20.9 Å². The van der Waals surface area contributed by atoms with E-state index in [0.717, 1.165) is 42.5 Å². The van der Waals surface area contributed by atoms with Crippen LogP contribution in [0.3, 0.4) is 0 Å². The zero-order valence-electron chi connectivity index (χ0n) is 19.6. The van der Waals surface area contributed by atoms with Gasteiger partial charge in [-0.15, -0.1) is 11.3 Å². The summed E-state index contributed by atoms with van der Waals surface area (Å²) in [7, 11) is -3.63. The molecule has 3 aromatic rings. The zero-order valence-corrected chi connectivity index (χ0v) is 21.3. The van der Waals surface area contributed by atoms with Gasteiger partial charge in [-0.05, 0) is 56.2 Å². The van der Waals surface area contributed by atoms with E-state index < -0.39 is 21.8 Å². The van der Waals surface area contributed by atoms with E-state index in [1.54, 1.807) is 23.5 Å². The molecule has 2 aliphatic heterocycles. The van der Waals surface area contributed by atoms with E-state index in [2.05, 4.69) is 20.2 Å². The van der Waals surface area contributed by atoms with Crippen molar-refractivity contribution in [2.24, 2.45) is 0 Å². The second kappa shape index (κ2) is 9.64. The molecule has 1 N–H and O–H groups in total. The number of hydrogen-bond donors (Lipinski definition) is 1. The minimum absolute atomic E-state index is 0.0672. The van der Waals surface area contributed by atoms with Gasteiger partial charge >= 0.3 is 6.18 Å². The van der Waals surface area contributed by atoms with Gasteiger partial charge in [0.25, 0.3) is 0 Å². The Morgan fingerprint density at radius 1 is 1.06 bits per heavy atom. The summed E-state index contributed by atoms with van der Waals surface area (Å²) in [5, 5.41) is 4.18. The molecule has 0 unspecified atom stereocenters. The summed E-state index contributed by atoms with van der Waals surface area (Å²) in [6.45, 7) is 4.28. The van der Waals surface area contributed by atoms with Crippen LogP contribution in [0.25, 0.3) is 0 Å². The first-order valence-electron chi connectivity index (χ1n) is 11.7. The van der Waals surface area contributed by atoms with Crippen molar-refractivity contribution in [3.8, 4) is 0 Å². The summed E-state index contributed by atoms with van der Waals surface area (Å²) in [4.78, 5) is 12.2. The number of aromatic nitrogens is 2. The van der Waals surface area contributed by atoms with Crippen LogP contribution in [0.2, 0.25) is 0 Å². The molecule has 1 aromatic carbocycles. The summed E-state index contributed by atoms with van der Waals surface area (Å²) < 4.78 is 66.0. The van der Waals surface area contributed by atoms with Crippen molar-refractivity contribution >= 4 is 32.9 Å². The van der Waals surface area contributed by atoms with E-state index >= 15 is 0 Å². The number of nitrogens with zero attached hydrogens (tertiary/aromatic N) is 4. The predicted molar refractivity (Wildman–Crippen MR) is 133 cm³/mol. The van der Waals surface area contributed by atoms with Crippen LogP contribution in [0.1, 0.15) is 34.0 Å². The lowest BCUT2D eigenvalue weighted by atomic mass is 10.1. The average Bonchev–Trinajstić information content (AvgIpc) is 3.23. The Morgan fingerprint density at radius 2 is 1.78 bits per heavy atom. The highest BCUT2D eigenvalue weighted by Crippen LogP contribution is 2.31. The van der Waals surface area contributed by atoms with E-state index in [9.17, 15) is 21.6 Å². The molecule has 1 saturated heterocycles. The van der Waals surface area contributed by atoms with Crippen LogP contribution in [0.15, 0.2) is 47.5 Å². The molecule has 0 bridgehead atoms. The quantitative estimate of drug-likeness (QED) is 0.509. The Kier molecular flexibility index (Phi) is 6.69. The Bertz CT molecular complexity index is 1320. The molecule has 0 amide bonds. The number of halogens is 3. The smallest absolute Gasteiger partial charge is 0.367 e. The molecule has 5 rings (SSSR count). The molecule has 36 heavy (non-hydrogen) atoms. The number of rotatable bonds is 5. The summed E-state index contributed by atoms with van der Waals surface area (Å²) in [5.41, 5.74) is 1.35. The normalized spacial score (nSPS) is 17.7. The van der Waals surface area contributed by atoms with Gasteiger partial charge in [0, 0.05) is 48.9 Å². The van der Waals surface area contributed by atoms with Crippen molar-refractivity contribution in [2.75, 3.05) is 29.9 Å². The molecule has 0 saturated carbocycles. The molecule has 2 aliphatic rings. The molecular weight excluding hydrogens is 511 g/mol. The lowest BCUT2D eigenvalue weighted by Crippen LogP contribution is -2.42. The largest absolute Gasteiger partial charge is 0.417 e. The van der Waals surface area contributed by atoms with E-state index in [1.807, 2.05) is 19.1 Å².